The van der Waals surface area contributed by atoms with Gasteiger partial charge in [-0.1, -0.05) is 30.7 Å². The number of aromatic nitrogens is 2. The number of nitrogens with zero attached hydrogens (tertiary/aromatic N) is 5. The zero-order valence-electron chi connectivity index (χ0n) is 17.4. The lowest BCUT2D eigenvalue weighted by Crippen LogP contribution is -2.53. The minimum Gasteiger partial charge on any atom is -0.353 e. The van der Waals surface area contributed by atoms with Crippen LogP contribution in [-0.4, -0.2) is 65.1 Å². The van der Waals surface area contributed by atoms with Crippen LogP contribution in [0.3, 0.4) is 0 Å². The van der Waals surface area contributed by atoms with E-state index in [4.69, 9.17) is 17.3 Å². The molecule has 8 heteroatoms. The number of urea groups is 1. The Kier molecular flexibility index (Phi) is 6.39. The van der Waals surface area contributed by atoms with Gasteiger partial charge in [-0.3, -0.25) is 0 Å². The summed E-state index contributed by atoms with van der Waals surface area (Å²) in [5, 5.41) is 0.692. The molecule has 7 nitrogen and oxygen atoms in total. The van der Waals surface area contributed by atoms with E-state index in [0.717, 1.165) is 37.3 Å². The lowest BCUT2D eigenvalue weighted by Gasteiger charge is -2.38. The Balaban J connectivity index is 1.41. The van der Waals surface area contributed by atoms with E-state index in [9.17, 15) is 4.79 Å². The Labute approximate surface area is 182 Å². The third kappa shape index (κ3) is 4.37. The van der Waals surface area contributed by atoms with Crippen LogP contribution in [0.5, 0.6) is 0 Å². The van der Waals surface area contributed by atoms with Gasteiger partial charge in [-0.25, -0.2) is 14.8 Å². The quantitative estimate of drug-likeness (QED) is 0.792. The first kappa shape index (κ1) is 20.9. The summed E-state index contributed by atoms with van der Waals surface area (Å²) in [5.41, 5.74) is 9.31. The van der Waals surface area contributed by atoms with E-state index in [1.54, 1.807) is 6.33 Å². The summed E-state index contributed by atoms with van der Waals surface area (Å²) in [6, 6.07) is 7.64. The Morgan fingerprint density at radius 3 is 2.63 bits per heavy atom. The van der Waals surface area contributed by atoms with Gasteiger partial charge < -0.3 is 20.4 Å². The topological polar surface area (TPSA) is 78.6 Å². The van der Waals surface area contributed by atoms with Crippen molar-refractivity contribution < 1.29 is 4.79 Å². The highest BCUT2D eigenvalue weighted by molar-refractivity contribution is 6.30. The van der Waals surface area contributed by atoms with Gasteiger partial charge in [0, 0.05) is 62.1 Å². The van der Waals surface area contributed by atoms with Crippen LogP contribution in [0.1, 0.15) is 36.1 Å². The minimum absolute atomic E-state index is 0.0383. The molecule has 2 N–H and O–H groups in total. The summed E-state index contributed by atoms with van der Waals surface area (Å²) in [7, 11) is 0. The van der Waals surface area contributed by atoms with Crippen LogP contribution in [0.25, 0.3) is 0 Å². The number of piperazine rings is 1. The first-order chi connectivity index (χ1) is 14.6. The molecule has 2 aliphatic rings. The third-order valence-electron chi connectivity index (χ3n) is 6.06. The van der Waals surface area contributed by atoms with Crippen molar-refractivity contribution >= 4 is 23.4 Å². The summed E-state index contributed by atoms with van der Waals surface area (Å²) in [6.45, 7) is 6.65. The average molecular weight is 429 g/mol. The number of hydrogen-bond acceptors (Lipinski definition) is 5. The Bertz CT molecular complexity index is 882. The van der Waals surface area contributed by atoms with Crippen LogP contribution >= 0.6 is 11.6 Å². The number of rotatable bonds is 5. The summed E-state index contributed by atoms with van der Waals surface area (Å²) in [5.74, 6) is 1.55. The van der Waals surface area contributed by atoms with E-state index in [1.165, 1.54) is 11.3 Å². The van der Waals surface area contributed by atoms with Crippen LogP contribution in [0.15, 0.2) is 30.6 Å². The molecule has 1 saturated heterocycles. The van der Waals surface area contributed by atoms with Crippen molar-refractivity contribution in [3.8, 4) is 0 Å². The number of fused-ring (bicyclic) bond motifs is 1. The third-order valence-corrected chi connectivity index (χ3v) is 6.31. The zero-order valence-corrected chi connectivity index (χ0v) is 18.2. The van der Waals surface area contributed by atoms with E-state index in [0.29, 0.717) is 43.7 Å². The predicted molar refractivity (Wildman–Crippen MR) is 119 cm³/mol. The number of carbonyl (C=O) groups excluding carboxylic acids is 1. The fourth-order valence-electron chi connectivity index (χ4n) is 4.39. The van der Waals surface area contributed by atoms with Crippen molar-refractivity contribution in [1.82, 2.24) is 19.8 Å². The van der Waals surface area contributed by atoms with Gasteiger partial charge in [0.2, 0.25) is 0 Å². The summed E-state index contributed by atoms with van der Waals surface area (Å²) in [4.78, 5) is 28.3. The Morgan fingerprint density at radius 1 is 1.20 bits per heavy atom. The Morgan fingerprint density at radius 2 is 1.93 bits per heavy atom. The highest BCUT2D eigenvalue weighted by Gasteiger charge is 2.30. The van der Waals surface area contributed by atoms with Gasteiger partial charge in [0.1, 0.15) is 12.1 Å². The largest absolute Gasteiger partial charge is 0.353 e. The molecule has 0 radical (unpaired) electrons. The summed E-state index contributed by atoms with van der Waals surface area (Å²) in [6.07, 6.45) is 3.85. The van der Waals surface area contributed by atoms with E-state index in [-0.39, 0.29) is 6.03 Å². The fourth-order valence-corrected chi connectivity index (χ4v) is 4.52. The lowest BCUT2D eigenvalue weighted by molar-refractivity contribution is 0.148. The standard InChI is InChI=1S/C22H29ClN6O/c1-16-2-7-19-20(16)21(26-15-25-19)27-10-12-28(13-11-27)22(30)29(9-8-24)14-17-3-5-18(23)6-4-17/h3-6,15-16H,2,7-14,24H2,1H3. The molecule has 1 atom stereocenters. The second kappa shape index (κ2) is 9.18. The number of hydrogen-bond donors (Lipinski definition) is 1. The molecule has 1 aromatic carbocycles. The minimum atomic E-state index is 0.0383. The molecule has 0 spiro atoms. The van der Waals surface area contributed by atoms with E-state index in [2.05, 4.69) is 21.8 Å². The molecule has 0 bridgehead atoms. The number of halogens is 1. The van der Waals surface area contributed by atoms with Crippen molar-refractivity contribution in [2.24, 2.45) is 5.73 Å². The summed E-state index contributed by atoms with van der Waals surface area (Å²) >= 11 is 5.98. The maximum atomic E-state index is 13.2. The molecule has 2 aromatic rings. The maximum absolute atomic E-state index is 13.2. The SMILES string of the molecule is CC1CCc2ncnc(N3CCN(C(=O)N(CCN)Cc4ccc(Cl)cc4)CC3)c21. The second-order valence-corrected chi connectivity index (χ2v) is 8.53. The van der Waals surface area contributed by atoms with Gasteiger partial charge in [0.15, 0.2) is 0 Å². The molecule has 1 unspecified atom stereocenters. The first-order valence-electron chi connectivity index (χ1n) is 10.6. The van der Waals surface area contributed by atoms with Crippen LogP contribution in [0.2, 0.25) is 5.02 Å². The van der Waals surface area contributed by atoms with Crippen molar-refractivity contribution in [1.29, 1.82) is 0 Å². The van der Waals surface area contributed by atoms with Gasteiger partial charge in [-0.2, -0.15) is 0 Å². The number of carbonyl (C=O) groups is 1. The van der Waals surface area contributed by atoms with Crippen LogP contribution in [0, 0.1) is 0 Å². The van der Waals surface area contributed by atoms with Crippen molar-refractivity contribution in [3.63, 3.8) is 0 Å². The van der Waals surface area contributed by atoms with E-state index in [1.807, 2.05) is 34.1 Å². The molecule has 160 valence electrons. The normalized spacial score (nSPS) is 18.4. The zero-order chi connectivity index (χ0) is 21.1. The number of benzene rings is 1. The predicted octanol–water partition coefficient (Wildman–Crippen LogP) is 2.88. The Hall–Kier alpha value is -2.38. The fraction of sp³-hybridized carbons (Fsp3) is 0.500. The monoisotopic (exact) mass is 428 g/mol. The second-order valence-electron chi connectivity index (χ2n) is 8.09. The molecular weight excluding hydrogens is 400 g/mol. The van der Waals surface area contributed by atoms with Crippen molar-refractivity contribution in [3.05, 3.63) is 52.4 Å². The number of amides is 2. The van der Waals surface area contributed by atoms with Gasteiger partial charge in [0.25, 0.3) is 0 Å². The van der Waals surface area contributed by atoms with Crippen LogP contribution in [-0.2, 0) is 13.0 Å². The van der Waals surface area contributed by atoms with Gasteiger partial charge in [0.05, 0.1) is 0 Å². The molecule has 1 aliphatic heterocycles. The molecule has 2 heterocycles. The molecular formula is C22H29ClN6O. The molecule has 30 heavy (non-hydrogen) atoms. The number of aryl methyl sites for hydroxylation is 1. The number of anilines is 1. The molecule has 0 saturated carbocycles. The van der Waals surface area contributed by atoms with Gasteiger partial charge in [-0.05, 0) is 36.5 Å². The van der Waals surface area contributed by atoms with Gasteiger partial charge in [-0.15, -0.1) is 0 Å². The van der Waals surface area contributed by atoms with E-state index >= 15 is 0 Å². The van der Waals surface area contributed by atoms with Gasteiger partial charge >= 0.3 is 6.03 Å². The van der Waals surface area contributed by atoms with Crippen LogP contribution in [0.4, 0.5) is 10.6 Å². The van der Waals surface area contributed by atoms with Crippen molar-refractivity contribution in [2.45, 2.75) is 32.2 Å². The van der Waals surface area contributed by atoms with Crippen LogP contribution < -0.4 is 10.6 Å². The van der Waals surface area contributed by atoms with Crippen molar-refractivity contribution in [2.75, 3.05) is 44.2 Å². The molecule has 1 aromatic heterocycles. The first-order valence-corrected chi connectivity index (χ1v) is 11.0. The number of nitrogens with two attached hydrogens (primary N) is 1. The molecule has 1 fully saturated rings. The highest BCUT2D eigenvalue weighted by Crippen LogP contribution is 2.37. The maximum Gasteiger partial charge on any atom is 0.320 e. The molecule has 1 aliphatic carbocycles. The smallest absolute Gasteiger partial charge is 0.320 e. The highest BCUT2D eigenvalue weighted by atomic mass is 35.5. The summed E-state index contributed by atoms with van der Waals surface area (Å²) < 4.78 is 0. The average Bonchev–Trinajstić information content (AvgIpc) is 3.16. The molecule has 2 amide bonds. The molecule has 4 rings (SSSR count). The van der Waals surface area contributed by atoms with E-state index < -0.39 is 0 Å². The lowest BCUT2D eigenvalue weighted by atomic mass is 10.1.